The van der Waals surface area contributed by atoms with E-state index in [9.17, 15) is 14.9 Å². The number of amides is 1. The van der Waals surface area contributed by atoms with Gasteiger partial charge in [-0.15, -0.1) is 0 Å². The molecule has 0 atom stereocenters. The monoisotopic (exact) mass is 291 g/mol. The van der Waals surface area contributed by atoms with E-state index in [0.717, 1.165) is 25.9 Å². The third kappa shape index (κ3) is 3.58. The smallest absolute Gasteiger partial charge is 0.273 e. The van der Waals surface area contributed by atoms with E-state index in [2.05, 4.69) is 17.6 Å². The van der Waals surface area contributed by atoms with Gasteiger partial charge in [0.05, 0.1) is 4.92 Å². The van der Waals surface area contributed by atoms with Crippen molar-refractivity contribution in [1.82, 2.24) is 10.6 Å². The van der Waals surface area contributed by atoms with Crippen LogP contribution in [0.3, 0.4) is 0 Å². The molecule has 1 fully saturated rings. The standard InChI is InChI=1S/C15H21N3O3/c1-11-12(4-3-5-13(11)18(20)21)14(19)17-10-15(2)6-8-16-9-7-15/h3-5,16H,6-10H2,1-2H3,(H,17,19). The van der Waals surface area contributed by atoms with Crippen LogP contribution in [-0.2, 0) is 0 Å². The normalized spacial score (nSPS) is 17.2. The fourth-order valence-electron chi connectivity index (χ4n) is 2.66. The average molecular weight is 291 g/mol. The SMILES string of the molecule is Cc1c(C(=O)NCC2(C)CCNCC2)cccc1[N+](=O)[O-]. The van der Waals surface area contributed by atoms with Gasteiger partial charge in [-0.25, -0.2) is 0 Å². The van der Waals surface area contributed by atoms with E-state index in [4.69, 9.17) is 0 Å². The Morgan fingerprint density at radius 3 is 2.71 bits per heavy atom. The first kappa shape index (κ1) is 15.4. The summed E-state index contributed by atoms with van der Waals surface area (Å²) in [6.45, 7) is 6.29. The number of carbonyl (C=O) groups is 1. The zero-order valence-electron chi connectivity index (χ0n) is 12.4. The highest BCUT2D eigenvalue weighted by Crippen LogP contribution is 2.27. The molecule has 1 heterocycles. The molecule has 2 N–H and O–H groups in total. The molecule has 1 aromatic rings. The zero-order valence-corrected chi connectivity index (χ0v) is 12.4. The van der Waals surface area contributed by atoms with Gasteiger partial charge in [-0.2, -0.15) is 0 Å². The van der Waals surface area contributed by atoms with E-state index < -0.39 is 4.92 Å². The van der Waals surface area contributed by atoms with Crippen molar-refractivity contribution in [2.45, 2.75) is 26.7 Å². The van der Waals surface area contributed by atoms with Gasteiger partial charge in [0.1, 0.15) is 0 Å². The number of benzene rings is 1. The minimum atomic E-state index is -0.458. The maximum atomic E-state index is 12.3. The van der Waals surface area contributed by atoms with Crippen LogP contribution in [0.25, 0.3) is 0 Å². The third-order valence-corrected chi connectivity index (χ3v) is 4.23. The summed E-state index contributed by atoms with van der Waals surface area (Å²) in [5, 5.41) is 17.1. The Kier molecular flexibility index (Phi) is 4.57. The number of rotatable bonds is 4. The first-order valence-corrected chi connectivity index (χ1v) is 7.16. The summed E-state index contributed by atoms with van der Waals surface area (Å²) in [4.78, 5) is 22.7. The van der Waals surface area contributed by atoms with Gasteiger partial charge in [-0.05, 0) is 44.3 Å². The van der Waals surface area contributed by atoms with Crippen molar-refractivity contribution in [1.29, 1.82) is 0 Å². The van der Waals surface area contributed by atoms with Crippen LogP contribution in [-0.4, -0.2) is 30.5 Å². The fourth-order valence-corrected chi connectivity index (χ4v) is 2.66. The second-order valence-electron chi connectivity index (χ2n) is 5.95. The number of hydrogen-bond donors (Lipinski definition) is 2. The number of carbonyl (C=O) groups excluding carboxylic acids is 1. The third-order valence-electron chi connectivity index (χ3n) is 4.23. The molecule has 21 heavy (non-hydrogen) atoms. The predicted molar refractivity (Wildman–Crippen MR) is 80.4 cm³/mol. The van der Waals surface area contributed by atoms with Crippen molar-refractivity contribution in [3.8, 4) is 0 Å². The number of piperidine rings is 1. The lowest BCUT2D eigenvalue weighted by molar-refractivity contribution is -0.385. The number of nitro benzene ring substituents is 1. The van der Waals surface area contributed by atoms with Crippen molar-refractivity contribution in [3.05, 3.63) is 39.4 Å². The van der Waals surface area contributed by atoms with E-state index in [0.29, 0.717) is 17.7 Å². The van der Waals surface area contributed by atoms with Crippen LogP contribution >= 0.6 is 0 Å². The van der Waals surface area contributed by atoms with Gasteiger partial charge in [0.25, 0.3) is 11.6 Å². The summed E-state index contributed by atoms with van der Waals surface area (Å²) in [6.07, 6.45) is 2.03. The zero-order chi connectivity index (χ0) is 15.5. The van der Waals surface area contributed by atoms with Gasteiger partial charge < -0.3 is 10.6 Å². The summed E-state index contributed by atoms with van der Waals surface area (Å²) in [5.74, 6) is -0.240. The lowest BCUT2D eigenvalue weighted by Gasteiger charge is -2.34. The number of nitrogens with zero attached hydrogens (tertiary/aromatic N) is 1. The van der Waals surface area contributed by atoms with Crippen LogP contribution in [0.5, 0.6) is 0 Å². The second-order valence-corrected chi connectivity index (χ2v) is 5.95. The molecule has 0 bridgehead atoms. The molecule has 114 valence electrons. The van der Waals surface area contributed by atoms with E-state index >= 15 is 0 Å². The Hall–Kier alpha value is -1.95. The highest BCUT2D eigenvalue weighted by Gasteiger charge is 2.27. The van der Waals surface area contributed by atoms with Crippen molar-refractivity contribution >= 4 is 11.6 Å². The molecule has 0 aliphatic carbocycles. The minimum absolute atomic E-state index is 0.0178. The molecule has 1 saturated heterocycles. The quantitative estimate of drug-likeness (QED) is 0.656. The topological polar surface area (TPSA) is 84.3 Å². The van der Waals surface area contributed by atoms with Crippen molar-refractivity contribution in [2.75, 3.05) is 19.6 Å². The van der Waals surface area contributed by atoms with Gasteiger partial charge >= 0.3 is 0 Å². The number of nitro groups is 1. The molecule has 0 unspecified atom stereocenters. The lowest BCUT2D eigenvalue weighted by atomic mass is 9.81. The average Bonchev–Trinajstić information content (AvgIpc) is 2.45. The summed E-state index contributed by atoms with van der Waals surface area (Å²) in [5.41, 5.74) is 0.864. The Balaban J connectivity index is 2.07. The molecule has 6 nitrogen and oxygen atoms in total. The lowest BCUT2D eigenvalue weighted by Crippen LogP contribution is -2.43. The van der Waals surface area contributed by atoms with Crippen LogP contribution < -0.4 is 10.6 Å². The molecular formula is C15H21N3O3. The molecule has 1 amide bonds. The van der Waals surface area contributed by atoms with Gasteiger partial charge in [0.2, 0.25) is 0 Å². The Morgan fingerprint density at radius 2 is 2.10 bits per heavy atom. The van der Waals surface area contributed by atoms with Gasteiger partial charge in [-0.1, -0.05) is 13.0 Å². The molecule has 2 rings (SSSR count). The fraction of sp³-hybridized carbons (Fsp3) is 0.533. The molecule has 0 spiro atoms. The maximum Gasteiger partial charge on any atom is 0.273 e. The summed E-state index contributed by atoms with van der Waals surface area (Å²) in [6, 6.07) is 4.59. The van der Waals surface area contributed by atoms with Crippen molar-refractivity contribution < 1.29 is 9.72 Å². The highest BCUT2D eigenvalue weighted by atomic mass is 16.6. The van der Waals surface area contributed by atoms with E-state index in [1.165, 1.54) is 6.07 Å². The number of nitrogens with one attached hydrogen (secondary N) is 2. The van der Waals surface area contributed by atoms with Crippen molar-refractivity contribution in [3.63, 3.8) is 0 Å². The van der Waals surface area contributed by atoms with E-state index in [-0.39, 0.29) is 17.0 Å². The molecule has 0 aromatic heterocycles. The van der Waals surface area contributed by atoms with Gasteiger partial charge in [-0.3, -0.25) is 14.9 Å². The molecule has 6 heteroatoms. The summed E-state index contributed by atoms with van der Waals surface area (Å²) >= 11 is 0. The molecule has 1 aliphatic rings. The summed E-state index contributed by atoms with van der Waals surface area (Å²) < 4.78 is 0. The van der Waals surface area contributed by atoms with E-state index in [1.807, 2.05) is 0 Å². The maximum absolute atomic E-state index is 12.3. The van der Waals surface area contributed by atoms with Crippen LogP contribution in [0.2, 0.25) is 0 Å². The minimum Gasteiger partial charge on any atom is -0.351 e. The van der Waals surface area contributed by atoms with Gasteiger partial charge in [0.15, 0.2) is 0 Å². The molecule has 0 radical (unpaired) electrons. The summed E-state index contributed by atoms with van der Waals surface area (Å²) in [7, 11) is 0. The van der Waals surface area contributed by atoms with Crippen LogP contribution in [0, 0.1) is 22.5 Å². The van der Waals surface area contributed by atoms with Gasteiger partial charge in [0, 0.05) is 23.7 Å². The van der Waals surface area contributed by atoms with Crippen LogP contribution in [0.15, 0.2) is 18.2 Å². The Morgan fingerprint density at radius 1 is 1.43 bits per heavy atom. The molecule has 1 aliphatic heterocycles. The molecular weight excluding hydrogens is 270 g/mol. The predicted octanol–water partition coefficient (Wildman–Crippen LogP) is 2.02. The highest BCUT2D eigenvalue weighted by molar-refractivity contribution is 5.96. The first-order valence-electron chi connectivity index (χ1n) is 7.16. The Bertz CT molecular complexity index is 551. The largest absolute Gasteiger partial charge is 0.351 e. The second kappa shape index (κ2) is 6.22. The van der Waals surface area contributed by atoms with E-state index in [1.54, 1.807) is 19.1 Å². The van der Waals surface area contributed by atoms with Crippen LogP contribution in [0.1, 0.15) is 35.7 Å². The van der Waals surface area contributed by atoms with Crippen LogP contribution in [0.4, 0.5) is 5.69 Å². The molecule has 1 aromatic carbocycles. The first-order chi connectivity index (χ1) is 9.93. The Labute approximate surface area is 124 Å². The van der Waals surface area contributed by atoms with Crippen molar-refractivity contribution in [2.24, 2.45) is 5.41 Å². The number of hydrogen-bond acceptors (Lipinski definition) is 4. The molecule has 0 saturated carbocycles.